The molecule has 0 aliphatic rings. The molecule has 46 heavy (non-hydrogen) atoms. The van der Waals surface area contributed by atoms with Crippen LogP contribution in [0.15, 0.2) is 12.4 Å². The van der Waals surface area contributed by atoms with Crippen LogP contribution in [0.2, 0.25) is 0 Å². The van der Waals surface area contributed by atoms with Crippen molar-refractivity contribution >= 4 is 0 Å². The van der Waals surface area contributed by atoms with Crippen LogP contribution in [0.3, 0.4) is 0 Å². The van der Waals surface area contributed by atoms with Crippen LogP contribution in [0.1, 0.15) is 251 Å². The van der Waals surface area contributed by atoms with Gasteiger partial charge >= 0.3 is 0 Å². The molecule has 0 saturated heterocycles. The van der Waals surface area contributed by atoms with E-state index in [1.807, 2.05) is 0 Å². The molecular weight excluding hydrogens is 556 g/mol. The van der Waals surface area contributed by atoms with Crippen molar-refractivity contribution in [1.29, 1.82) is 0 Å². The van der Waals surface area contributed by atoms with Crippen LogP contribution < -0.4 is 4.57 Å². The second-order valence-corrected chi connectivity index (χ2v) is 15.2. The van der Waals surface area contributed by atoms with E-state index in [1.54, 1.807) is 5.82 Å². The minimum absolute atomic E-state index is 1.23. The molecule has 0 amide bonds. The molecule has 0 aromatic carbocycles. The fourth-order valence-electron chi connectivity index (χ4n) is 7.39. The summed E-state index contributed by atoms with van der Waals surface area (Å²) in [5.41, 5.74) is 0. The standard InChI is InChI=1S/C44H87N2/c1-4-7-10-13-16-19-22-24-25-27-30-33-36-39-44-45(40-37-34-31-28-21-18-15-12-9-6-3)42-43-46(44)41-38-35-32-29-26-23-20-17-14-11-8-5-2/h42-43H,4-41H2,1-3H3/q+1. The molecule has 1 aromatic rings. The third-order valence-electron chi connectivity index (χ3n) is 10.6. The molecule has 0 aliphatic carbocycles. The van der Waals surface area contributed by atoms with E-state index in [0.29, 0.717) is 0 Å². The lowest BCUT2D eigenvalue weighted by Crippen LogP contribution is -2.37. The highest BCUT2D eigenvalue weighted by Gasteiger charge is 2.16. The largest absolute Gasteiger partial charge is 0.256 e. The first-order valence-electron chi connectivity index (χ1n) is 21.9. The molecule has 0 aliphatic heterocycles. The monoisotopic (exact) mass is 644 g/mol. The molecule has 1 heterocycles. The number of rotatable bonds is 38. The minimum atomic E-state index is 1.23. The Labute approximate surface area is 291 Å². The van der Waals surface area contributed by atoms with Gasteiger partial charge in [0.25, 0.3) is 5.82 Å². The van der Waals surface area contributed by atoms with Gasteiger partial charge in [-0.25, -0.2) is 9.13 Å². The van der Waals surface area contributed by atoms with E-state index < -0.39 is 0 Å². The van der Waals surface area contributed by atoms with Gasteiger partial charge < -0.3 is 0 Å². The van der Waals surface area contributed by atoms with Crippen LogP contribution in [0.5, 0.6) is 0 Å². The number of hydrogen-bond donors (Lipinski definition) is 0. The third-order valence-corrected chi connectivity index (χ3v) is 10.6. The van der Waals surface area contributed by atoms with Gasteiger partial charge in [0, 0.05) is 6.42 Å². The number of nitrogens with zero attached hydrogens (tertiary/aromatic N) is 2. The van der Waals surface area contributed by atoms with Crippen molar-refractivity contribution in [1.82, 2.24) is 4.57 Å². The molecule has 272 valence electrons. The van der Waals surface area contributed by atoms with Gasteiger partial charge in [-0.2, -0.15) is 0 Å². The van der Waals surface area contributed by atoms with E-state index in [0.717, 1.165) is 0 Å². The minimum Gasteiger partial charge on any atom is -0.234 e. The second kappa shape index (κ2) is 35.5. The zero-order valence-electron chi connectivity index (χ0n) is 32.4. The first-order chi connectivity index (χ1) is 22.8. The Kier molecular flexibility index (Phi) is 33.4. The molecule has 0 fully saturated rings. The van der Waals surface area contributed by atoms with Crippen molar-refractivity contribution in [3.63, 3.8) is 0 Å². The molecule has 2 nitrogen and oxygen atoms in total. The molecule has 0 spiro atoms. The summed E-state index contributed by atoms with van der Waals surface area (Å²) in [7, 11) is 0. The average molecular weight is 644 g/mol. The van der Waals surface area contributed by atoms with Gasteiger partial charge in [-0.3, -0.25) is 0 Å². The molecular formula is C44H87N2+. The SMILES string of the molecule is CCCCCCCCCCCCCCCc1n(CCCCCCCCCCCCCC)cc[n+]1CCCCCCCCCCCC. The van der Waals surface area contributed by atoms with Gasteiger partial charge in [-0.05, 0) is 32.1 Å². The van der Waals surface area contributed by atoms with Crippen LogP contribution in [0.25, 0.3) is 0 Å². The van der Waals surface area contributed by atoms with E-state index in [9.17, 15) is 0 Å². The number of imidazole rings is 1. The summed E-state index contributed by atoms with van der Waals surface area (Å²) < 4.78 is 5.29. The Balaban J connectivity index is 2.29. The average Bonchev–Trinajstić information content (AvgIpc) is 3.45. The van der Waals surface area contributed by atoms with Crippen molar-refractivity contribution in [3.8, 4) is 0 Å². The van der Waals surface area contributed by atoms with Crippen molar-refractivity contribution in [2.45, 2.75) is 265 Å². The second-order valence-electron chi connectivity index (χ2n) is 15.2. The molecule has 0 atom stereocenters. The smallest absolute Gasteiger partial charge is 0.234 e. The summed E-state index contributed by atoms with van der Waals surface area (Å²) in [5.74, 6) is 1.63. The lowest BCUT2D eigenvalue weighted by atomic mass is 10.0. The highest BCUT2D eigenvalue weighted by Crippen LogP contribution is 2.16. The number of aryl methyl sites for hydroxylation is 2. The summed E-state index contributed by atoms with van der Waals surface area (Å²) in [4.78, 5) is 0. The van der Waals surface area contributed by atoms with Crippen LogP contribution >= 0.6 is 0 Å². The summed E-state index contributed by atoms with van der Waals surface area (Å²) in [6.45, 7) is 9.41. The predicted molar refractivity (Wildman–Crippen MR) is 207 cm³/mol. The van der Waals surface area contributed by atoms with Gasteiger partial charge in [0.15, 0.2) is 0 Å². The van der Waals surface area contributed by atoms with E-state index in [2.05, 4.69) is 42.3 Å². The Morgan fingerprint density at radius 1 is 0.370 bits per heavy atom. The topological polar surface area (TPSA) is 8.81 Å². The Morgan fingerprint density at radius 2 is 0.674 bits per heavy atom. The number of hydrogen-bond acceptors (Lipinski definition) is 0. The van der Waals surface area contributed by atoms with Crippen molar-refractivity contribution in [2.75, 3.05) is 0 Å². The molecule has 0 saturated carbocycles. The summed E-state index contributed by atoms with van der Waals surface area (Å²) in [6.07, 6.45) is 56.3. The molecule has 2 heteroatoms. The quantitative estimate of drug-likeness (QED) is 0.0501. The first kappa shape index (κ1) is 43.2. The normalized spacial score (nSPS) is 11.6. The third kappa shape index (κ3) is 27.2. The van der Waals surface area contributed by atoms with Crippen molar-refractivity contribution < 1.29 is 4.57 Å². The van der Waals surface area contributed by atoms with Crippen LogP contribution in [0.4, 0.5) is 0 Å². The maximum absolute atomic E-state index is 2.65. The molecule has 1 rings (SSSR count). The van der Waals surface area contributed by atoms with E-state index in [-0.39, 0.29) is 0 Å². The Morgan fingerprint density at radius 3 is 1.04 bits per heavy atom. The summed E-state index contributed by atoms with van der Waals surface area (Å²) in [5, 5.41) is 0. The van der Waals surface area contributed by atoms with Crippen LogP contribution in [0, 0.1) is 0 Å². The van der Waals surface area contributed by atoms with Gasteiger partial charge in [0.05, 0.1) is 13.1 Å². The van der Waals surface area contributed by atoms with Crippen molar-refractivity contribution in [3.05, 3.63) is 18.2 Å². The summed E-state index contributed by atoms with van der Waals surface area (Å²) in [6, 6.07) is 0. The molecule has 0 bridgehead atoms. The lowest BCUT2D eigenvalue weighted by molar-refractivity contribution is -0.704. The highest BCUT2D eigenvalue weighted by atomic mass is 15.1. The molecule has 0 N–H and O–H groups in total. The van der Waals surface area contributed by atoms with Crippen LogP contribution in [-0.4, -0.2) is 4.57 Å². The van der Waals surface area contributed by atoms with E-state index in [4.69, 9.17) is 0 Å². The molecule has 0 radical (unpaired) electrons. The summed E-state index contributed by atoms with van der Waals surface area (Å²) >= 11 is 0. The number of aromatic nitrogens is 2. The van der Waals surface area contributed by atoms with Gasteiger partial charge in [-0.15, -0.1) is 0 Å². The van der Waals surface area contributed by atoms with Crippen molar-refractivity contribution in [2.24, 2.45) is 0 Å². The van der Waals surface area contributed by atoms with Crippen LogP contribution in [-0.2, 0) is 19.5 Å². The zero-order chi connectivity index (χ0) is 33.0. The molecule has 0 unspecified atom stereocenters. The Hall–Kier alpha value is -0.790. The van der Waals surface area contributed by atoms with E-state index in [1.165, 1.54) is 244 Å². The maximum Gasteiger partial charge on any atom is 0.256 e. The fraction of sp³-hybridized carbons (Fsp3) is 0.932. The zero-order valence-corrected chi connectivity index (χ0v) is 32.4. The Bertz CT molecular complexity index is 707. The van der Waals surface area contributed by atoms with E-state index >= 15 is 0 Å². The van der Waals surface area contributed by atoms with Gasteiger partial charge in [0.2, 0.25) is 0 Å². The first-order valence-corrected chi connectivity index (χ1v) is 21.9. The van der Waals surface area contributed by atoms with Gasteiger partial charge in [0.1, 0.15) is 12.4 Å². The predicted octanol–water partition coefficient (Wildman–Crippen LogP) is 15.0. The fourth-order valence-corrected chi connectivity index (χ4v) is 7.39. The maximum atomic E-state index is 2.65. The molecule has 1 aromatic heterocycles. The van der Waals surface area contributed by atoms with Gasteiger partial charge in [-0.1, -0.05) is 213 Å². The number of unbranched alkanes of at least 4 members (excludes halogenated alkanes) is 32. The highest BCUT2D eigenvalue weighted by molar-refractivity contribution is 4.84. The lowest BCUT2D eigenvalue weighted by Gasteiger charge is -2.07.